The Kier molecular flexibility index (Phi) is 5.69. The van der Waals surface area contributed by atoms with E-state index in [2.05, 4.69) is 32.7 Å². The Balaban J connectivity index is 1.57. The molecule has 5 nitrogen and oxygen atoms in total. The number of halogens is 1. The van der Waals surface area contributed by atoms with Gasteiger partial charge < -0.3 is 15.4 Å². The van der Waals surface area contributed by atoms with Crippen molar-refractivity contribution in [3.05, 3.63) is 71.4 Å². The average molecular weight is 355 g/mol. The van der Waals surface area contributed by atoms with Crippen LogP contribution >= 0.6 is 11.6 Å². The van der Waals surface area contributed by atoms with Crippen LogP contribution in [0.2, 0.25) is 5.02 Å². The fraction of sp³-hybridized carbons (Fsp3) is 0.158. The fourth-order valence-electron chi connectivity index (χ4n) is 2.33. The van der Waals surface area contributed by atoms with Crippen LogP contribution in [0, 0.1) is 0 Å². The number of para-hydroxylation sites is 1. The Morgan fingerprint density at radius 3 is 2.60 bits per heavy atom. The predicted molar refractivity (Wildman–Crippen MR) is 102 cm³/mol. The van der Waals surface area contributed by atoms with Gasteiger partial charge in [-0.2, -0.15) is 4.98 Å². The lowest BCUT2D eigenvalue weighted by atomic mass is 10.1. The van der Waals surface area contributed by atoms with Crippen molar-refractivity contribution in [1.29, 1.82) is 0 Å². The van der Waals surface area contributed by atoms with E-state index in [-0.39, 0.29) is 0 Å². The van der Waals surface area contributed by atoms with Gasteiger partial charge in [0.25, 0.3) is 0 Å². The predicted octanol–water partition coefficient (Wildman–Crippen LogP) is 4.54. The first-order valence-corrected chi connectivity index (χ1v) is 8.34. The third-order valence-corrected chi connectivity index (χ3v) is 3.98. The van der Waals surface area contributed by atoms with Crippen molar-refractivity contribution < 1.29 is 4.74 Å². The van der Waals surface area contributed by atoms with Crippen LogP contribution in [0.1, 0.15) is 5.56 Å². The molecule has 0 saturated carbocycles. The van der Waals surface area contributed by atoms with Crippen molar-refractivity contribution >= 4 is 29.1 Å². The molecule has 0 amide bonds. The van der Waals surface area contributed by atoms with E-state index in [9.17, 15) is 0 Å². The molecule has 0 aliphatic heterocycles. The first-order chi connectivity index (χ1) is 12.2. The third kappa shape index (κ3) is 4.84. The van der Waals surface area contributed by atoms with Crippen LogP contribution in [0.15, 0.2) is 60.8 Å². The molecule has 2 aromatic carbocycles. The molecule has 0 aliphatic carbocycles. The molecule has 0 bridgehead atoms. The topological polar surface area (TPSA) is 59.1 Å². The largest absolute Gasteiger partial charge is 0.497 e. The van der Waals surface area contributed by atoms with Crippen molar-refractivity contribution in [2.45, 2.75) is 6.42 Å². The number of hydrogen-bond donors (Lipinski definition) is 2. The lowest BCUT2D eigenvalue weighted by Gasteiger charge is -2.09. The molecule has 1 aromatic heterocycles. The first kappa shape index (κ1) is 17.0. The molecule has 0 aliphatic rings. The maximum atomic E-state index is 6.14. The Morgan fingerprint density at radius 1 is 1.04 bits per heavy atom. The molecule has 0 radical (unpaired) electrons. The zero-order valence-corrected chi connectivity index (χ0v) is 14.6. The smallest absolute Gasteiger partial charge is 0.229 e. The summed E-state index contributed by atoms with van der Waals surface area (Å²) in [6.45, 7) is 0.773. The Hall–Kier alpha value is -2.79. The van der Waals surface area contributed by atoms with Gasteiger partial charge in [-0.1, -0.05) is 35.9 Å². The van der Waals surface area contributed by atoms with E-state index < -0.39 is 0 Å². The maximum absolute atomic E-state index is 6.14. The van der Waals surface area contributed by atoms with Crippen LogP contribution in [-0.4, -0.2) is 23.6 Å². The number of benzene rings is 2. The molecule has 25 heavy (non-hydrogen) atoms. The molecule has 128 valence electrons. The van der Waals surface area contributed by atoms with Gasteiger partial charge in [-0.15, -0.1) is 0 Å². The standard InChI is InChI=1S/C19H19ClN4O/c1-25-15-8-6-14(7-9-15)10-12-21-18-11-13-22-19(24-18)23-17-5-3-2-4-16(17)20/h2-9,11,13H,10,12H2,1H3,(H2,21,22,23,24). The Bertz CT molecular complexity index is 824. The van der Waals surface area contributed by atoms with Crippen molar-refractivity contribution in [3.63, 3.8) is 0 Å². The second-order valence-electron chi connectivity index (χ2n) is 5.40. The van der Waals surface area contributed by atoms with Crippen LogP contribution in [-0.2, 0) is 6.42 Å². The van der Waals surface area contributed by atoms with E-state index in [1.807, 2.05) is 42.5 Å². The Labute approximate surface area is 152 Å². The highest BCUT2D eigenvalue weighted by atomic mass is 35.5. The summed E-state index contributed by atoms with van der Waals surface area (Å²) >= 11 is 6.14. The van der Waals surface area contributed by atoms with Gasteiger partial charge in [-0.05, 0) is 42.3 Å². The highest BCUT2D eigenvalue weighted by Crippen LogP contribution is 2.23. The number of hydrogen-bond acceptors (Lipinski definition) is 5. The van der Waals surface area contributed by atoms with Crippen molar-refractivity contribution in [2.24, 2.45) is 0 Å². The quantitative estimate of drug-likeness (QED) is 0.652. The van der Waals surface area contributed by atoms with E-state index in [1.54, 1.807) is 13.3 Å². The van der Waals surface area contributed by atoms with Crippen LogP contribution in [0.25, 0.3) is 0 Å². The summed E-state index contributed by atoms with van der Waals surface area (Å²) in [7, 11) is 1.67. The van der Waals surface area contributed by atoms with E-state index in [1.165, 1.54) is 5.56 Å². The molecule has 1 heterocycles. The number of anilines is 3. The third-order valence-electron chi connectivity index (χ3n) is 3.65. The highest BCUT2D eigenvalue weighted by molar-refractivity contribution is 6.33. The summed E-state index contributed by atoms with van der Waals surface area (Å²) < 4.78 is 5.16. The molecule has 0 spiro atoms. The van der Waals surface area contributed by atoms with Crippen LogP contribution in [0.4, 0.5) is 17.5 Å². The number of ether oxygens (including phenoxy) is 1. The zero-order valence-electron chi connectivity index (χ0n) is 13.9. The Morgan fingerprint density at radius 2 is 1.84 bits per heavy atom. The summed E-state index contributed by atoms with van der Waals surface area (Å²) in [5.41, 5.74) is 2.01. The highest BCUT2D eigenvalue weighted by Gasteiger charge is 2.03. The number of rotatable bonds is 7. The van der Waals surface area contributed by atoms with Gasteiger partial charge in [0.1, 0.15) is 11.6 Å². The summed E-state index contributed by atoms with van der Waals surface area (Å²) in [5, 5.41) is 7.06. The minimum absolute atomic E-state index is 0.502. The SMILES string of the molecule is COc1ccc(CCNc2ccnc(Nc3ccccc3Cl)n2)cc1. The van der Waals surface area contributed by atoms with Crippen LogP contribution < -0.4 is 15.4 Å². The van der Waals surface area contributed by atoms with Gasteiger partial charge >= 0.3 is 0 Å². The average Bonchev–Trinajstić information content (AvgIpc) is 2.65. The summed E-state index contributed by atoms with van der Waals surface area (Å²) in [6.07, 6.45) is 2.60. The normalized spacial score (nSPS) is 10.3. The monoisotopic (exact) mass is 354 g/mol. The van der Waals surface area contributed by atoms with Crippen LogP contribution in [0.3, 0.4) is 0 Å². The van der Waals surface area contributed by atoms with E-state index in [0.29, 0.717) is 11.0 Å². The summed E-state index contributed by atoms with van der Waals surface area (Å²) in [4.78, 5) is 8.68. The molecular formula is C19H19ClN4O. The lowest BCUT2D eigenvalue weighted by molar-refractivity contribution is 0.414. The molecule has 0 unspecified atom stereocenters. The lowest BCUT2D eigenvalue weighted by Crippen LogP contribution is -2.07. The number of nitrogens with one attached hydrogen (secondary N) is 2. The molecule has 3 aromatic rings. The minimum atomic E-state index is 0.502. The molecular weight excluding hydrogens is 336 g/mol. The second kappa shape index (κ2) is 8.35. The summed E-state index contributed by atoms with van der Waals surface area (Å²) in [5.74, 6) is 2.13. The van der Waals surface area contributed by atoms with Gasteiger partial charge in [0, 0.05) is 12.7 Å². The maximum Gasteiger partial charge on any atom is 0.229 e. The van der Waals surface area contributed by atoms with Gasteiger partial charge in [-0.25, -0.2) is 4.98 Å². The van der Waals surface area contributed by atoms with Gasteiger partial charge in [-0.3, -0.25) is 0 Å². The zero-order chi connectivity index (χ0) is 17.5. The number of nitrogens with zero attached hydrogens (tertiary/aromatic N) is 2. The van der Waals surface area contributed by atoms with Gasteiger partial charge in [0.2, 0.25) is 5.95 Å². The van der Waals surface area contributed by atoms with Crippen LogP contribution in [0.5, 0.6) is 5.75 Å². The first-order valence-electron chi connectivity index (χ1n) is 7.96. The minimum Gasteiger partial charge on any atom is -0.497 e. The fourth-order valence-corrected chi connectivity index (χ4v) is 2.51. The van der Waals surface area contributed by atoms with E-state index in [4.69, 9.17) is 16.3 Å². The number of aromatic nitrogens is 2. The summed E-state index contributed by atoms with van der Waals surface area (Å²) in [6, 6.07) is 17.4. The van der Waals surface area contributed by atoms with Gasteiger partial charge in [0.05, 0.1) is 17.8 Å². The molecule has 0 fully saturated rings. The van der Waals surface area contributed by atoms with E-state index >= 15 is 0 Å². The number of methoxy groups -OCH3 is 1. The molecule has 6 heteroatoms. The molecule has 3 rings (SSSR count). The van der Waals surface area contributed by atoms with E-state index in [0.717, 1.165) is 30.2 Å². The molecule has 0 saturated heterocycles. The molecule has 0 atom stereocenters. The van der Waals surface area contributed by atoms with Crippen molar-refractivity contribution in [1.82, 2.24) is 9.97 Å². The van der Waals surface area contributed by atoms with Crippen molar-refractivity contribution in [2.75, 3.05) is 24.3 Å². The van der Waals surface area contributed by atoms with Crippen molar-refractivity contribution in [3.8, 4) is 5.75 Å². The second-order valence-corrected chi connectivity index (χ2v) is 5.80. The van der Waals surface area contributed by atoms with Gasteiger partial charge in [0.15, 0.2) is 0 Å². The molecule has 2 N–H and O–H groups in total.